The SMILES string of the molecule is COc1ccc(C(=O)N[C@@H](c2nnc(SCC(=O)Nc3ccccc3OC)n2C)C(C)C)cc1. The fourth-order valence-electron chi connectivity index (χ4n) is 3.28. The van der Waals surface area contributed by atoms with Gasteiger partial charge in [0, 0.05) is 12.6 Å². The third-order valence-corrected chi connectivity index (χ3v) is 6.19. The van der Waals surface area contributed by atoms with E-state index >= 15 is 0 Å². The Bertz CT molecular complexity index is 1130. The van der Waals surface area contributed by atoms with Crippen LogP contribution in [0.4, 0.5) is 5.69 Å². The Morgan fingerprint density at radius 2 is 1.74 bits per heavy atom. The molecule has 0 aliphatic rings. The number of anilines is 1. The number of carbonyl (C=O) groups is 2. The number of hydrogen-bond donors (Lipinski definition) is 2. The summed E-state index contributed by atoms with van der Waals surface area (Å²) in [5.41, 5.74) is 1.13. The van der Waals surface area contributed by atoms with Crippen molar-refractivity contribution in [1.29, 1.82) is 0 Å². The lowest BCUT2D eigenvalue weighted by atomic mass is 10.0. The van der Waals surface area contributed by atoms with E-state index in [9.17, 15) is 9.59 Å². The summed E-state index contributed by atoms with van der Waals surface area (Å²) < 4.78 is 12.2. The molecule has 1 aromatic heterocycles. The second kappa shape index (κ2) is 11.6. The Labute approximate surface area is 203 Å². The van der Waals surface area contributed by atoms with Gasteiger partial charge in [0.2, 0.25) is 5.91 Å². The molecule has 3 rings (SSSR count). The molecule has 1 heterocycles. The summed E-state index contributed by atoms with van der Waals surface area (Å²) in [7, 11) is 4.96. The number of methoxy groups -OCH3 is 2. The normalized spacial score (nSPS) is 11.7. The molecule has 0 aliphatic heterocycles. The number of amides is 2. The number of aromatic nitrogens is 3. The molecule has 34 heavy (non-hydrogen) atoms. The first kappa shape index (κ1) is 25.1. The third kappa shape index (κ3) is 6.07. The number of carbonyl (C=O) groups excluding carboxylic acids is 2. The van der Waals surface area contributed by atoms with Crippen molar-refractivity contribution in [3.63, 3.8) is 0 Å². The quantitative estimate of drug-likeness (QED) is 0.424. The fourth-order valence-corrected chi connectivity index (χ4v) is 4.00. The molecule has 2 N–H and O–H groups in total. The van der Waals surface area contributed by atoms with Crippen LogP contribution in [0.3, 0.4) is 0 Å². The monoisotopic (exact) mass is 483 g/mol. The third-order valence-electron chi connectivity index (χ3n) is 5.17. The van der Waals surface area contributed by atoms with Crippen molar-refractivity contribution < 1.29 is 19.1 Å². The van der Waals surface area contributed by atoms with Crippen LogP contribution < -0.4 is 20.1 Å². The lowest BCUT2D eigenvalue weighted by molar-refractivity contribution is -0.113. The Hall–Kier alpha value is -3.53. The van der Waals surface area contributed by atoms with Gasteiger partial charge in [-0.1, -0.05) is 37.7 Å². The van der Waals surface area contributed by atoms with Gasteiger partial charge in [0.25, 0.3) is 5.91 Å². The standard InChI is InChI=1S/C24H29N5O4S/c1-15(2)21(26-23(31)16-10-12-17(32-4)13-11-16)22-27-28-24(29(22)3)34-14-20(30)25-18-8-6-7-9-19(18)33-5/h6-13,15,21H,14H2,1-5H3,(H,25,30)(H,26,31)/t21-/m1/s1. The van der Waals surface area contributed by atoms with Crippen LogP contribution in [0, 0.1) is 5.92 Å². The van der Waals surface area contributed by atoms with Gasteiger partial charge in [0.05, 0.1) is 31.7 Å². The number of ether oxygens (including phenoxy) is 2. The van der Waals surface area contributed by atoms with Crippen molar-refractivity contribution in [3.8, 4) is 11.5 Å². The molecule has 0 unspecified atom stereocenters. The minimum Gasteiger partial charge on any atom is -0.497 e. The maximum Gasteiger partial charge on any atom is 0.251 e. The predicted molar refractivity (Wildman–Crippen MR) is 131 cm³/mol. The molecule has 0 bridgehead atoms. The number of para-hydroxylation sites is 2. The fraction of sp³-hybridized carbons (Fsp3) is 0.333. The van der Waals surface area contributed by atoms with Gasteiger partial charge in [-0.05, 0) is 42.3 Å². The highest BCUT2D eigenvalue weighted by Gasteiger charge is 2.25. The maximum absolute atomic E-state index is 12.8. The van der Waals surface area contributed by atoms with Crippen LogP contribution in [0.15, 0.2) is 53.7 Å². The average molecular weight is 484 g/mol. The highest BCUT2D eigenvalue weighted by molar-refractivity contribution is 7.99. The number of hydrogen-bond acceptors (Lipinski definition) is 7. The first-order valence-corrected chi connectivity index (χ1v) is 11.7. The highest BCUT2D eigenvalue weighted by Crippen LogP contribution is 2.26. The summed E-state index contributed by atoms with van der Waals surface area (Å²) in [5, 5.41) is 15.0. The maximum atomic E-state index is 12.8. The van der Waals surface area contributed by atoms with Crippen molar-refractivity contribution in [1.82, 2.24) is 20.1 Å². The van der Waals surface area contributed by atoms with Crippen LogP contribution in [0.5, 0.6) is 11.5 Å². The lowest BCUT2D eigenvalue weighted by Crippen LogP contribution is -2.33. The molecule has 0 fully saturated rings. The number of benzene rings is 2. The van der Waals surface area contributed by atoms with Crippen LogP contribution in [-0.4, -0.2) is 46.6 Å². The van der Waals surface area contributed by atoms with E-state index in [2.05, 4.69) is 20.8 Å². The van der Waals surface area contributed by atoms with Gasteiger partial charge in [-0.25, -0.2) is 0 Å². The molecule has 1 atom stereocenters. The molecule has 3 aromatic rings. The molecule has 0 radical (unpaired) electrons. The molecular formula is C24H29N5O4S. The van der Waals surface area contributed by atoms with Gasteiger partial charge < -0.3 is 24.7 Å². The molecule has 0 saturated carbocycles. The summed E-state index contributed by atoms with van der Waals surface area (Å²) in [6.07, 6.45) is 0. The molecule has 9 nitrogen and oxygen atoms in total. The van der Waals surface area contributed by atoms with Gasteiger partial charge in [0.1, 0.15) is 11.5 Å². The Morgan fingerprint density at radius 1 is 1.03 bits per heavy atom. The first-order chi connectivity index (χ1) is 16.3. The minimum absolute atomic E-state index is 0.0665. The van der Waals surface area contributed by atoms with E-state index in [1.54, 1.807) is 55.2 Å². The Balaban J connectivity index is 1.66. The van der Waals surface area contributed by atoms with E-state index in [0.717, 1.165) is 0 Å². The van der Waals surface area contributed by atoms with E-state index < -0.39 is 0 Å². The van der Waals surface area contributed by atoms with E-state index in [1.807, 2.05) is 33.0 Å². The Kier molecular flexibility index (Phi) is 8.53. The zero-order valence-corrected chi connectivity index (χ0v) is 20.7. The lowest BCUT2D eigenvalue weighted by Gasteiger charge is -2.21. The molecule has 0 aliphatic carbocycles. The number of thioether (sulfide) groups is 1. The summed E-state index contributed by atoms with van der Waals surface area (Å²) in [6.45, 7) is 4.00. The molecule has 180 valence electrons. The molecule has 0 saturated heterocycles. The number of nitrogens with one attached hydrogen (secondary N) is 2. The molecule has 2 amide bonds. The topological polar surface area (TPSA) is 107 Å². The summed E-state index contributed by atoms with van der Waals surface area (Å²) in [6, 6.07) is 13.8. The summed E-state index contributed by atoms with van der Waals surface area (Å²) in [5.74, 6) is 1.70. The molecule has 2 aromatic carbocycles. The van der Waals surface area contributed by atoms with Crippen LogP contribution >= 0.6 is 11.8 Å². The van der Waals surface area contributed by atoms with Crippen molar-refractivity contribution in [3.05, 3.63) is 59.9 Å². The van der Waals surface area contributed by atoms with E-state index in [4.69, 9.17) is 9.47 Å². The number of rotatable bonds is 10. The van der Waals surface area contributed by atoms with E-state index in [1.165, 1.54) is 11.8 Å². The van der Waals surface area contributed by atoms with E-state index in [-0.39, 0.29) is 29.5 Å². The van der Waals surface area contributed by atoms with Crippen molar-refractivity contribution >= 4 is 29.3 Å². The van der Waals surface area contributed by atoms with Gasteiger partial charge in [-0.2, -0.15) is 0 Å². The van der Waals surface area contributed by atoms with Crippen molar-refractivity contribution in [2.24, 2.45) is 13.0 Å². The largest absolute Gasteiger partial charge is 0.497 e. The van der Waals surface area contributed by atoms with Crippen LogP contribution in [0.1, 0.15) is 36.1 Å². The van der Waals surface area contributed by atoms with Crippen LogP contribution in [0.25, 0.3) is 0 Å². The van der Waals surface area contributed by atoms with Gasteiger partial charge in [-0.3, -0.25) is 9.59 Å². The van der Waals surface area contributed by atoms with Gasteiger partial charge in [-0.15, -0.1) is 10.2 Å². The van der Waals surface area contributed by atoms with Crippen molar-refractivity contribution in [2.45, 2.75) is 25.0 Å². The second-order valence-electron chi connectivity index (χ2n) is 7.86. The zero-order chi connectivity index (χ0) is 24.7. The molecular weight excluding hydrogens is 454 g/mol. The smallest absolute Gasteiger partial charge is 0.251 e. The van der Waals surface area contributed by atoms with E-state index in [0.29, 0.717) is 33.7 Å². The predicted octanol–water partition coefficient (Wildman–Crippen LogP) is 3.69. The van der Waals surface area contributed by atoms with Gasteiger partial charge in [0.15, 0.2) is 11.0 Å². The van der Waals surface area contributed by atoms with Crippen LogP contribution in [-0.2, 0) is 11.8 Å². The summed E-state index contributed by atoms with van der Waals surface area (Å²) >= 11 is 1.27. The first-order valence-electron chi connectivity index (χ1n) is 10.7. The van der Waals surface area contributed by atoms with Crippen molar-refractivity contribution in [2.75, 3.05) is 25.3 Å². The number of nitrogens with zero attached hydrogens (tertiary/aromatic N) is 3. The minimum atomic E-state index is -0.358. The molecule has 10 heteroatoms. The highest BCUT2D eigenvalue weighted by atomic mass is 32.2. The van der Waals surface area contributed by atoms with Crippen LogP contribution in [0.2, 0.25) is 0 Å². The Morgan fingerprint density at radius 3 is 2.38 bits per heavy atom. The second-order valence-corrected chi connectivity index (χ2v) is 8.80. The average Bonchev–Trinajstić information content (AvgIpc) is 3.21. The van der Waals surface area contributed by atoms with Gasteiger partial charge >= 0.3 is 0 Å². The summed E-state index contributed by atoms with van der Waals surface area (Å²) in [4.78, 5) is 25.3. The molecule has 0 spiro atoms. The zero-order valence-electron chi connectivity index (χ0n) is 19.9.